The maximum absolute atomic E-state index is 12.9. The van der Waals surface area contributed by atoms with Crippen LogP contribution in [-0.2, 0) is 11.3 Å². The predicted molar refractivity (Wildman–Crippen MR) is 142 cm³/mol. The van der Waals surface area contributed by atoms with Crippen molar-refractivity contribution in [2.75, 3.05) is 18.1 Å². The van der Waals surface area contributed by atoms with Gasteiger partial charge in [-0.05, 0) is 73.9 Å². The fourth-order valence-electron chi connectivity index (χ4n) is 4.82. The van der Waals surface area contributed by atoms with Crippen molar-refractivity contribution < 1.29 is 9.53 Å². The van der Waals surface area contributed by atoms with Gasteiger partial charge in [-0.3, -0.25) is 4.79 Å². The van der Waals surface area contributed by atoms with Crippen LogP contribution in [0.4, 0.5) is 5.69 Å². The third-order valence-electron chi connectivity index (χ3n) is 6.50. The Morgan fingerprint density at radius 2 is 1.80 bits per heavy atom. The first-order valence-corrected chi connectivity index (χ1v) is 12.6. The number of rotatable bonds is 7. The van der Waals surface area contributed by atoms with Crippen LogP contribution in [-0.4, -0.2) is 28.6 Å². The van der Waals surface area contributed by atoms with Crippen LogP contribution in [0, 0.1) is 13.8 Å². The molecule has 1 amide bonds. The van der Waals surface area contributed by atoms with Gasteiger partial charge in [0.25, 0.3) is 0 Å². The van der Waals surface area contributed by atoms with Gasteiger partial charge in [-0.15, -0.1) is 0 Å². The van der Waals surface area contributed by atoms with Gasteiger partial charge in [-0.1, -0.05) is 41.4 Å². The second-order valence-corrected chi connectivity index (χ2v) is 9.88. The lowest BCUT2D eigenvalue weighted by Crippen LogP contribution is -2.24. The van der Waals surface area contributed by atoms with E-state index in [1.807, 2.05) is 73.3 Å². The second kappa shape index (κ2) is 9.92. The molecule has 180 valence electrons. The molecule has 0 saturated carbocycles. The average Bonchev–Trinajstić information content (AvgIpc) is 3.40. The van der Waals surface area contributed by atoms with Crippen molar-refractivity contribution in [3.8, 4) is 5.75 Å². The highest BCUT2D eigenvalue weighted by molar-refractivity contribution is 6.32. The molecule has 0 bridgehead atoms. The van der Waals surface area contributed by atoms with Crippen LogP contribution in [0.3, 0.4) is 0 Å². The fraction of sp³-hybridized carbons (Fsp3) is 0.286. The van der Waals surface area contributed by atoms with E-state index < -0.39 is 0 Å². The summed E-state index contributed by atoms with van der Waals surface area (Å²) >= 11 is 12.5. The van der Waals surface area contributed by atoms with E-state index in [4.69, 9.17) is 32.9 Å². The Morgan fingerprint density at radius 1 is 1.03 bits per heavy atom. The van der Waals surface area contributed by atoms with Gasteiger partial charge in [0.15, 0.2) is 0 Å². The summed E-state index contributed by atoms with van der Waals surface area (Å²) in [6, 6.07) is 19.5. The van der Waals surface area contributed by atoms with Crippen LogP contribution < -0.4 is 9.64 Å². The fourth-order valence-corrected chi connectivity index (χ4v) is 5.11. The Bertz CT molecular complexity index is 1380. The normalized spacial score (nSPS) is 15.8. The number of imidazole rings is 1. The molecule has 0 spiro atoms. The number of ether oxygens (including phenoxy) is 1. The van der Waals surface area contributed by atoms with E-state index in [-0.39, 0.29) is 11.8 Å². The maximum atomic E-state index is 12.9. The third kappa shape index (κ3) is 4.89. The molecular weight excluding hydrogens is 481 g/mol. The molecule has 3 aromatic carbocycles. The third-order valence-corrected chi connectivity index (χ3v) is 7.33. The van der Waals surface area contributed by atoms with Crippen LogP contribution in [0.15, 0.2) is 60.7 Å². The number of fused-ring (bicyclic) bond motifs is 1. The minimum Gasteiger partial charge on any atom is -0.494 e. The molecule has 1 saturated heterocycles. The molecule has 1 atom stereocenters. The summed E-state index contributed by atoms with van der Waals surface area (Å²) in [6.45, 7) is 5.89. The molecule has 1 aromatic heterocycles. The molecule has 0 radical (unpaired) electrons. The number of halogens is 2. The van der Waals surface area contributed by atoms with Gasteiger partial charge < -0.3 is 14.2 Å². The van der Waals surface area contributed by atoms with Crippen LogP contribution in [0.2, 0.25) is 10.0 Å². The van der Waals surface area contributed by atoms with Crippen LogP contribution in [0.1, 0.15) is 35.7 Å². The molecular formula is C28H27Cl2N3O2. The molecule has 1 unspecified atom stereocenters. The van der Waals surface area contributed by atoms with Crippen molar-refractivity contribution in [3.05, 3.63) is 87.7 Å². The predicted octanol–water partition coefficient (Wildman–Crippen LogP) is 6.95. The van der Waals surface area contributed by atoms with Crippen molar-refractivity contribution in [2.45, 2.75) is 39.2 Å². The van der Waals surface area contributed by atoms with Gasteiger partial charge in [-0.2, -0.15) is 0 Å². The molecule has 2 heterocycles. The van der Waals surface area contributed by atoms with Gasteiger partial charge in [0, 0.05) is 41.2 Å². The van der Waals surface area contributed by atoms with Crippen molar-refractivity contribution >= 4 is 45.8 Å². The first-order chi connectivity index (χ1) is 16.9. The lowest BCUT2D eigenvalue weighted by molar-refractivity contribution is -0.117. The smallest absolute Gasteiger partial charge is 0.227 e. The molecule has 35 heavy (non-hydrogen) atoms. The summed E-state index contributed by atoms with van der Waals surface area (Å²) in [5.74, 6) is 1.88. The zero-order chi connectivity index (χ0) is 24.5. The van der Waals surface area contributed by atoms with E-state index in [1.165, 1.54) is 0 Å². The quantitative estimate of drug-likeness (QED) is 0.254. The number of aryl methyl sites for hydroxylation is 3. The van der Waals surface area contributed by atoms with E-state index in [0.29, 0.717) is 24.6 Å². The van der Waals surface area contributed by atoms with E-state index in [9.17, 15) is 4.79 Å². The summed E-state index contributed by atoms with van der Waals surface area (Å²) in [7, 11) is 0. The van der Waals surface area contributed by atoms with Crippen molar-refractivity contribution in [1.29, 1.82) is 0 Å². The number of benzene rings is 3. The van der Waals surface area contributed by atoms with E-state index in [1.54, 1.807) is 0 Å². The molecule has 1 aliphatic heterocycles. The molecule has 4 aromatic rings. The number of anilines is 1. The maximum Gasteiger partial charge on any atom is 0.227 e. The van der Waals surface area contributed by atoms with E-state index in [0.717, 1.165) is 57.4 Å². The summed E-state index contributed by atoms with van der Waals surface area (Å²) in [5.41, 5.74) is 4.88. The summed E-state index contributed by atoms with van der Waals surface area (Å²) < 4.78 is 8.28. The van der Waals surface area contributed by atoms with Crippen LogP contribution in [0.5, 0.6) is 5.75 Å². The number of nitrogens with zero attached hydrogens (tertiary/aromatic N) is 3. The Kier molecular flexibility index (Phi) is 6.72. The largest absolute Gasteiger partial charge is 0.494 e. The minimum absolute atomic E-state index is 0.0105. The molecule has 0 aliphatic carbocycles. The Hall–Kier alpha value is -3.02. The summed E-state index contributed by atoms with van der Waals surface area (Å²) in [5, 5.41) is 1.40. The zero-order valence-electron chi connectivity index (χ0n) is 19.8. The number of carbonyl (C=O) groups excluding carboxylic acids is 1. The number of hydrogen-bond acceptors (Lipinski definition) is 3. The molecule has 1 fully saturated rings. The lowest BCUT2D eigenvalue weighted by Gasteiger charge is -2.18. The number of aromatic nitrogens is 2. The molecule has 0 N–H and O–H groups in total. The van der Waals surface area contributed by atoms with E-state index >= 15 is 0 Å². The second-order valence-electron chi connectivity index (χ2n) is 9.07. The highest BCUT2D eigenvalue weighted by atomic mass is 35.5. The van der Waals surface area contributed by atoms with Crippen molar-refractivity contribution in [3.63, 3.8) is 0 Å². The Labute approximate surface area is 215 Å². The highest BCUT2D eigenvalue weighted by Gasteiger charge is 2.34. The number of carbonyl (C=O) groups is 1. The molecule has 7 heteroatoms. The van der Waals surface area contributed by atoms with Gasteiger partial charge in [0.1, 0.15) is 11.6 Å². The van der Waals surface area contributed by atoms with Crippen LogP contribution in [0.25, 0.3) is 11.0 Å². The average molecular weight is 508 g/mol. The van der Waals surface area contributed by atoms with E-state index in [2.05, 4.69) is 10.6 Å². The standard InChI is InChI=1S/C28H27Cl2N3O2/c1-18-13-23(14-19(2)27(18)30)35-12-6-11-32-25-10-4-3-9-24(25)31-28(32)20-15-26(34)33(17-20)22-8-5-7-21(29)16-22/h3-5,7-10,13-14,16,20H,6,11-12,15,17H2,1-2H3. The SMILES string of the molecule is Cc1cc(OCCCn2c(C3CC(=O)N(c4cccc(Cl)c4)C3)nc3ccccc32)cc(C)c1Cl. The van der Waals surface area contributed by atoms with Crippen LogP contribution >= 0.6 is 23.2 Å². The minimum atomic E-state index is 0.0105. The van der Waals surface area contributed by atoms with Gasteiger partial charge in [-0.25, -0.2) is 4.98 Å². The number of hydrogen-bond donors (Lipinski definition) is 0. The van der Waals surface area contributed by atoms with Crippen molar-refractivity contribution in [1.82, 2.24) is 9.55 Å². The number of para-hydroxylation sites is 2. The molecule has 1 aliphatic rings. The lowest BCUT2D eigenvalue weighted by atomic mass is 10.1. The monoisotopic (exact) mass is 507 g/mol. The topological polar surface area (TPSA) is 47.4 Å². The van der Waals surface area contributed by atoms with Gasteiger partial charge >= 0.3 is 0 Å². The Morgan fingerprint density at radius 3 is 2.57 bits per heavy atom. The molecule has 5 rings (SSSR count). The highest BCUT2D eigenvalue weighted by Crippen LogP contribution is 2.34. The Balaban J connectivity index is 1.34. The summed E-state index contributed by atoms with van der Waals surface area (Å²) in [6.07, 6.45) is 1.24. The zero-order valence-corrected chi connectivity index (χ0v) is 21.3. The van der Waals surface area contributed by atoms with Gasteiger partial charge in [0.2, 0.25) is 5.91 Å². The molecule has 5 nitrogen and oxygen atoms in total. The van der Waals surface area contributed by atoms with Crippen molar-refractivity contribution in [2.24, 2.45) is 0 Å². The van der Waals surface area contributed by atoms with Gasteiger partial charge in [0.05, 0.1) is 17.6 Å². The first kappa shape index (κ1) is 23.7. The number of amides is 1. The summed E-state index contributed by atoms with van der Waals surface area (Å²) in [4.78, 5) is 19.7. The first-order valence-electron chi connectivity index (χ1n) is 11.8.